The molecule has 0 spiro atoms. The van der Waals surface area contributed by atoms with Gasteiger partial charge in [0.2, 0.25) is 10.0 Å². The van der Waals surface area contributed by atoms with Crippen LogP contribution in [0, 0.1) is 0 Å². The number of nitrogens with zero attached hydrogens (tertiary/aromatic N) is 4. The first kappa shape index (κ1) is 14.8. The highest BCUT2D eigenvalue weighted by Gasteiger charge is 2.34. The van der Waals surface area contributed by atoms with Gasteiger partial charge in [-0.2, -0.15) is 0 Å². The third-order valence-electron chi connectivity index (χ3n) is 4.12. The summed E-state index contributed by atoms with van der Waals surface area (Å²) in [6.07, 6.45) is 0. The van der Waals surface area contributed by atoms with Gasteiger partial charge < -0.3 is 0 Å². The van der Waals surface area contributed by atoms with Crippen molar-refractivity contribution in [3.63, 3.8) is 0 Å². The van der Waals surface area contributed by atoms with Gasteiger partial charge in [0.05, 0.1) is 17.7 Å². The standard InChI is InChI=1S/C16H14N4O3S/c1-19-15-7-6-11(8-13(15)17-18-19)9-20-14-5-3-2-4-12(14)16(21)10-24(20,22)23/h2-8H,9-10H2,1H3. The van der Waals surface area contributed by atoms with Gasteiger partial charge in [-0.3, -0.25) is 9.10 Å². The summed E-state index contributed by atoms with van der Waals surface area (Å²) in [5.41, 5.74) is 3.22. The molecule has 0 amide bonds. The van der Waals surface area contributed by atoms with E-state index in [1.165, 1.54) is 4.31 Å². The highest BCUT2D eigenvalue weighted by atomic mass is 32.2. The third kappa shape index (κ3) is 2.26. The largest absolute Gasteiger partial charge is 0.293 e. The minimum absolute atomic E-state index is 0.152. The van der Waals surface area contributed by atoms with Crippen molar-refractivity contribution in [1.82, 2.24) is 15.0 Å². The predicted octanol–water partition coefficient (Wildman–Crippen LogP) is 1.50. The number of hydrogen-bond acceptors (Lipinski definition) is 5. The number of hydrogen-bond donors (Lipinski definition) is 0. The average molecular weight is 342 g/mol. The third-order valence-corrected chi connectivity index (χ3v) is 5.75. The van der Waals surface area contributed by atoms with Gasteiger partial charge in [-0.05, 0) is 29.8 Å². The van der Waals surface area contributed by atoms with Gasteiger partial charge in [-0.25, -0.2) is 13.1 Å². The second-order valence-electron chi connectivity index (χ2n) is 5.74. The molecule has 4 rings (SSSR count). The molecule has 0 saturated heterocycles. The quantitative estimate of drug-likeness (QED) is 0.704. The zero-order chi connectivity index (χ0) is 16.9. The van der Waals surface area contributed by atoms with Gasteiger partial charge >= 0.3 is 0 Å². The van der Waals surface area contributed by atoms with Crippen LogP contribution < -0.4 is 4.31 Å². The van der Waals surface area contributed by atoms with Gasteiger partial charge in [-0.1, -0.05) is 23.4 Å². The van der Waals surface area contributed by atoms with Crippen LogP contribution in [0.2, 0.25) is 0 Å². The van der Waals surface area contributed by atoms with Crippen molar-refractivity contribution in [3.8, 4) is 0 Å². The lowest BCUT2D eigenvalue weighted by Crippen LogP contribution is -2.40. The van der Waals surface area contributed by atoms with Crippen LogP contribution >= 0.6 is 0 Å². The molecule has 0 atom stereocenters. The molecule has 0 unspecified atom stereocenters. The first-order chi connectivity index (χ1) is 11.5. The van der Waals surface area contributed by atoms with Gasteiger partial charge in [-0.15, -0.1) is 5.10 Å². The fourth-order valence-electron chi connectivity index (χ4n) is 2.93. The van der Waals surface area contributed by atoms with Crippen LogP contribution in [0.15, 0.2) is 42.5 Å². The normalized spacial score (nSPS) is 16.4. The molecule has 1 aromatic heterocycles. The summed E-state index contributed by atoms with van der Waals surface area (Å²) in [5.74, 6) is -0.872. The van der Waals surface area contributed by atoms with Crippen molar-refractivity contribution in [1.29, 1.82) is 0 Å². The van der Waals surface area contributed by atoms with Gasteiger partial charge in [0, 0.05) is 12.6 Å². The number of aryl methyl sites for hydroxylation is 1. The Balaban J connectivity index is 1.79. The number of aromatic nitrogens is 3. The van der Waals surface area contributed by atoms with E-state index in [-0.39, 0.29) is 12.3 Å². The van der Waals surface area contributed by atoms with E-state index in [1.807, 2.05) is 18.2 Å². The van der Waals surface area contributed by atoms with Crippen molar-refractivity contribution < 1.29 is 13.2 Å². The van der Waals surface area contributed by atoms with E-state index >= 15 is 0 Å². The van der Waals surface area contributed by atoms with Crippen molar-refractivity contribution in [2.45, 2.75) is 6.54 Å². The van der Waals surface area contributed by atoms with E-state index in [0.717, 1.165) is 11.1 Å². The minimum Gasteiger partial charge on any atom is -0.293 e. The first-order valence-corrected chi connectivity index (χ1v) is 8.97. The Morgan fingerprint density at radius 3 is 2.79 bits per heavy atom. The van der Waals surface area contributed by atoms with Crippen LogP contribution in [0.4, 0.5) is 5.69 Å². The van der Waals surface area contributed by atoms with Crippen molar-refractivity contribution in [2.75, 3.05) is 10.1 Å². The molecule has 3 aromatic rings. The Bertz CT molecular complexity index is 1070. The Kier molecular flexibility index (Phi) is 3.17. The topological polar surface area (TPSA) is 85.2 Å². The Morgan fingerprint density at radius 1 is 1.17 bits per heavy atom. The lowest BCUT2D eigenvalue weighted by Gasteiger charge is -2.29. The number of anilines is 1. The number of sulfonamides is 1. The Morgan fingerprint density at radius 2 is 1.96 bits per heavy atom. The SMILES string of the molecule is Cn1nnc2cc(CN3c4ccccc4C(=O)CS3(=O)=O)ccc21. The van der Waals surface area contributed by atoms with E-state index in [4.69, 9.17) is 0 Å². The number of carbonyl (C=O) groups excluding carboxylic acids is 1. The maximum absolute atomic E-state index is 12.5. The number of para-hydroxylation sites is 1. The molecule has 1 aliphatic rings. The summed E-state index contributed by atoms with van der Waals surface area (Å²) in [7, 11) is -1.89. The molecule has 0 fully saturated rings. The molecular formula is C16H14N4O3S. The fraction of sp³-hybridized carbons (Fsp3) is 0.188. The van der Waals surface area contributed by atoms with Crippen molar-refractivity contribution >= 4 is 32.5 Å². The van der Waals surface area contributed by atoms with Crippen LogP contribution in [0.1, 0.15) is 15.9 Å². The Hall–Kier alpha value is -2.74. The predicted molar refractivity (Wildman–Crippen MR) is 89.3 cm³/mol. The molecule has 0 aliphatic carbocycles. The highest BCUT2D eigenvalue weighted by molar-refractivity contribution is 7.93. The number of rotatable bonds is 2. The summed E-state index contributed by atoms with van der Waals surface area (Å²) in [5, 5.41) is 8.00. The van der Waals surface area contributed by atoms with Crippen molar-refractivity contribution in [3.05, 3.63) is 53.6 Å². The number of Topliss-reactive ketones (excluding diaryl/α,β-unsaturated/α-hetero) is 1. The smallest absolute Gasteiger partial charge is 0.243 e. The molecule has 2 heterocycles. The second-order valence-corrected chi connectivity index (χ2v) is 7.63. The number of carbonyl (C=O) groups is 1. The van der Waals surface area contributed by atoms with Gasteiger partial charge in [0.15, 0.2) is 5.78 Å². The van der Waals surface area contributed by atoms with E-state index in [1.54, 1.807) is 36.0 Å². The van der Waals surface area contributed by atoms with E-state index < -0.39 is 15.8 Å². The zero-order valence-electron chi connectivity index (χ0n) is 12.9. The number of fused-ring (bicyclic) bond motifs is 2. The van der Waals surface area contributed by atoms with E-state index in [9.17, 15) is 13.2 Å². The lowest BCUT2D eigenvalue weighted by atomic mass is 10.1. The molecular weight excluding hydrogens is 328 g/mol. The van der Waals surface area contributed by atoms with Crippen LogP contribution in [-0.2, 0) is 23.6 Å². The molecule has 0 N–H and O–H groups in total. The Labute approximate surface area is 138 Å². The summed E-state index contributed by atoms with van der Waals surface area (Å²) in [6.45, 7) is 0.152. The molecule has 7 nitrogen and oxygen atoms in total. The fourth-order valence-corrected chi connectivity index (χ4v) is 4.38. The maximum Gasteiger partial charge on any atom is 0.243 e. The van der Waals surface area contributed by atoms with Crippen LogP contribution in [-0.4, -0.2) is 34.9 Å². The molecule has 0 radical (unpaired) electrons. The van der Waals surface area contributed by atoms with Gasteiger partial charge in [0.25, 0.3) is 0 Å². The average Bonchev–Trinajstić information content (AvgIpc) is 2.92. The zero-order valence-corrected chi connectivity index (χ0v) is 13.7. The molecule has 122 valence electrons. The monoisotopic (exact) mass is 342 g/mol. The van der Waals surface area contributed by atoms with Crippen LogP contribution in [0.25, 0.3) is 11.0 Å². The molecule has 1 aliphatic heterocycles. The van der Waals surface area contributed by atoms with E-state index in [0.29, 0.717) is 16.8 Å². The number of ketones is 1. The summed E-state index contributed by atoms with van der Waals surface area (Å²) in [4.78, 5) is 12.0. The molecule has 8 heteroatoms. The summed E-state index contributed by atoms with van der Waals surface area (Å²) >= 11 is 0. The lowest BCUT2D eigenvalue weighted by molar-refractivity contribution is 0.102. The maximum atomic E-state index is 12.5. The first-order valence-electron chi connectivity index (χ1n) is 7.37. The van der Waals surface area contributed by atoms with E-state index in [2.05, 4.69) is 10.3 Å². The molecule has 2 aromatic carbocycles. The molecule has 0 bridgehead atoms. The second kappa shape index (κ2) is 5.13. The molecule has 0 saturated carbocycles. The summed E-state index contributed by atoms with van der Waals surface area (Å²) < 4.78 is 28.0. The van der Waals surface area contributed by atoms with Crippen LogP contribution in [0.3, 0.4) is 0 Å². The van der Waals surface area contributed by atoms with Crippen molar-refractivity contribution in [2.24, 2.45) is 7.05 Å². The van der Waals surface area contributed by atoms with Gasteiger partial charge in [0.1, 0.15) is 11.3 Å². The molecule has 24 heavy (non-hydrogen) atoms. The highest BCUT2D eigenvalue weighted by Crippen LogP contribution is 2.31. The minimum atomic E-state index is -3.69. The van der Waals surface area contributed by atoms with Crippen LogP contribution in [0.5, 0.6) is 0 Å². The number of benzene rings is 2. The summed E-state index contributed by atoms with van der Waals surface area (Å²) in [6, 6.07) is 12.3.